The van der Waals surface area contributed by atoms with Crippen LogP contribution in [0.4, 0.5) is 5.82 Å². The number of hydrogen-bond donors (Lipinski definition) is 1. The molecule has 0 bridgehead atoms. The molecule has 0 aliphatic heterocycles. The van der Waals surface area contributed by atoms with Crippen molar-refractivity contribution in [2.75, 3.05) is 4.72 Å². The first-order valence-corrected chi connectivity index (χ1v) is 6.48. The van der Waals surface area contributed by atoms with Gasteiger partial charge in [-0.05, 0) is 13.8 Å². The zero-order chi connectivity index (χ0) is 12.5. The molecule has 0 unspecified atom stereocenters. The Morgan fingerprint density at radius 3 is 2.82 bits per heavy atom. The molecule has 0 saturated carbocycles. The molecule has 7 nitrogen and oxygen atoms in total. The SMILES string of the molecule is CCn1ncc(S(=O)(=O)Nc2ccon2)c1C. The largest absolute Gasteiger partial charge is 0.363 e. The topological polar surface area (TPSA) is 90.0 Å². The van der Waals surface area contributed by atoms with Crippen molar-refractivity contribution in [1.82, 2.24) is 14.9 Å². The summed E-state index contributed by atoms with van der Waals surface area (Å²) in [5.74, 6) is 0.147. The standard InChI is InChI=1S/C9H12N4O3S/c1-3-13-7(2)8(6-10-13)17(14,15)12-9-4-5-16-11-9/h4-6H,3H2,1-2H3,(H,11,12). The van der Waals surface area contributed by atoms with E-state index in [0.29, 0.717) is 12.2 Å². The summed E-state index contributed by atoms with van der Waals surface area (Å²) in [7, 11) is -3.66. The molecule has 0 aliphatic rings. The predicted molar refractivity (Wildman–Crippen MR) is 59.9 cm³/mol. The molecule has 17 heavy (non-hydrogen) atoms. The minimum atomic E-state index is -3.66. The van der Waals surface area contributed by atoms with Gasteiger partial charge < -0.3 is 4.52 Å². The van der Waals surface area contributed by atoms with Crippen molar-refractivity contribution in [3.05, 3.63) is 24.2 Å². The van der Waals surface area contributed by atoms with Crippen LogP contribution in [-0.2, 0) is 16.6 Å². The van der Waals surface area contributed by atoms with E-state index >= 15 is 0 Å². The van der Waals surface area contributed by atoms with E-state index in [1.807, 2.05) is 6.92 Å². The van der Waals surface area contributed by atoms with Gasteiger partial charge in [0.1, 0.15) is 11.2 Å². The van der Waals surface area contributed by atoms with E-state index in [1.165, 1.54) is 18.5 Å². The Labute approximate surface area is 98.5 Å². The van der Waals surface area contributed by atoms with E-state index in [9.17, 15) is 8.42 Å². The van der Waals surface area contributed by atoms with Gasteiger partial charge in [-0.3, -0.25) is 9.40 Å². The van der Waals surface area contributed by atoms with Gasteiger partial charge in [0.15, 0.2) is 5.82 Å². The van der Waals surface area contributed by atoms with Gasteiger partial charge >= 0.3 is 0 Å². The van der Waals surface area contributed by atoms with Crippen LogP contribution in [0.2, 0.25) is 0 Å². The molecular weight excluding hydrogens is 244 g/mol. The smallest absolute Gasteiger partial charge is 0.266 e. The lowest BCUT2D eigenvalue weighted by Gasteiger charge is -2.04. The zero-order valence-corrected chi connectivity index (χ0v) is 10.2. The van der Waals surface area contributed by atoms with E-state index in [2.05, 4.69) is 19.5 Å². The Kier molecular flexibility index (Phi) is 2.88. The van der Waals surface area contributed by atoms with Gasteiger partial charge in [0.25, 0.3) is 10.0 Å². The summed E-state index contributed by atoms with van der Waals surface area (Å²) >= 11 is 0. The Bertz CT molecular complexity index is 600. The first kappa shape index (κ1) is 11.6. The fraction of sp³-hybridized carbons (Fsp3) is 0.333. The van der Waals surface area contributed by atoms with Gasteiger partial charge in [0, 0.05) is 12.6 Å². The van der Waals surface area contributed by atoms with Gasteiger partial charge in [0.2, 0.25) is 0 Å². The minimum Gasteiger partial charge on any atom is -0.363 e. The third-order valence-electron chi connectivity index (χ3n) is 2.32. The summed E-state index contributed by atoms with van der Waals surface area (Å²) in [4.78, 5) is 0.141. The number of anilines is 1. The highest BCUT2D eigenvalue weighted by Crippen LogP contribution is 2.17. The number of rotatable bonds is 4. The van der Waals surface area contributed by atoms with Gasteiger partial charge in [0.05, 0.1) is 11.9 Å². The van der Waals surface area contributed by atoms with Crippen LogP contribution in [0.15, 0.2) is 27.9 Å². The van der Waals surface area contributed by atoms with E-state index in [0.717, 1.165) is 0 Å². The van der Waals surface area contributed by atoms with E-state index in [-0.39, 0.29) is 10.7 Å². The fourth-order valence-corrected chi connectivity index (χ4v) is 2.64. The molecular formula is C9H12N4O3S. The molecule has 0 aromatic carbocycles. The lowest BCUT2D eigenvalue weighted by atomic mass is 10.5. The molecule has 2 aromatic rings. The molecule has 2 rings (SSSR count). The first-order valence-electron chi connectivity index (χ1n) is 5.00. The molecule has 0 atom stereocenters. The van der Waals surface area contributed by atoms with E-state index in [1.54, 1.807) is 11.6 Å². The minimum absolute atomic E-state index is 0.141. The highest BCUT2D eigenvalue weighted by molar-refractivity contribution is 7.92. The summed E-state index contributed by atoms with van der Waals surface area (Å²) in [5, 5.41) is 7.47. The molecule has 0 radical (unpaired) electrons. The van der Waals surface area contributed by atoms with Gasteiger partial charge in [-0.25, -0.2) is 8.42 Å². The van der Waals surface area contributed by atoms with Crippen LogP contribution in [0.3, 0.4) is 0 Å². The fourth-order valence-electron chi connectivity index (χ4n) is 1.47. The maximum Gasteiger partial charge on any atom is 0.266 e. The second-order valence-electron chi connectivity index (χ2n) is 3.40. The lowest BCUT2D eigenvalue weighted by Crippen LogP contribution is -2.14. The summed E-state index contributed by atoms with van der Waals surface area (Å²) in [6.45, 7) is 4.21. The second-order valence-corrected chi connectivity index (χ2v) is 5.05. The van der Waals surface area contributed by atoms with Crippen molar-refractivity contribution < 1.29 is 12.9 Å². The monoisotopic (exact) mass is 256 g/mol. The second kappa shape index (κ2) is 4.21. The van der Waals surface area contributed by atoms with E-state index < -0.39 is 10.0 Å². The maximum absolute atomic E-state index is 12.0. The Hall–Kier alpha value is -1.83. The van der Waals surface area contributed by atoms with Crippen LogP contribution in [0, 0.1) is 6.92 Å². The van der Waals surface area contributed by atoms with Gasteiger partial charge in [-0.2, -0.15) is 5.10 Å². The van der Waals surface area contributed by atoms with E-state index in [4.69, 9.17) is 0 Å². The highest BCUT2D eigenvalue weighted by Gasteiger charge is 2.21. The summed E-state index contributed by atoms with van der Waals surface area (Å²) in [5.41, 5.74) is 0.587. The third kappa shape index (κ3) is 2.16. The van der Waals surface area contributed by atoms with Gasteiger partial charge in [-0.1, -0.05) is 5.16 Å². The number of nitrogens with one attached hydrogen (secondary N) is 1. The molecule has 1 N–H and O–H groups in total. The Morgan fingerprint density at radius 2 is 2.29 bits per heavy atom. The van der Waals surface area contributed by atoms with Crippen LogP contribution >= 0.6 is 0 Å². The van der Waals surface area contributed by atoms with Gasteiger partial charge in [-0.15, -0.1) is 0 Å². The van der Waals surface area contributed by atoms with Crippen LogP contribution in [0.1, 0.15) is 12.6 Å². The quantitative estimate of drug-likeness (QED) is 0.881. The van der Waals surface area contributed by atoms with Crippen molar-refractivity contribution >= 4 is 15.8 Å². The maximum atomic E-state index is 12.0. The molecule has 8 heteroatoms. The molecule has 2 heterocycles. The highest BCUT2D eigenvalue weighted by atomic mass is 32.2. The van der Waals surface area contributed by atoms with Crippen molar-refractivity contribution in [2.24, 2.45) is 0 Å². The molecule has 0 spiro atoms. The summed E-state index contributed by atoms with van der Waals surface area (Å²) in [6.07, 6.45) is 2.61. The van der Waals surface area contributed by atoms with Crippen LogP contribution in [0.25, 0.3) is 0 Å². The predicted octanol–water partition coefficient (Wildman–Crippen LogP) is 1.00. The normalized spacial score (nSPS) is 11.6. The number of aryl methyl sites for hydroxylation is 1. The molecule has 0 amide bonds. The molecule has 92 valence electrons. The zero-order valence-electron chi connectivity index (χ0n) is 9.41. The average Bonchev–Trinajstić information content (AvgIpc) is 2.86. The number of hydrogen-bond acceptors (Lipinski definition) is 5. The Morgan fingerprint density at radius 1 is 1.53 bits per heavy atom. The third-order valence-corrected chi connectivity index (χ3v) is 3.78. The van der Waals surface area contributed by atoms with Crippen molar-refractivity contribution in [3.8, 4) is 0 Å². The molecule has 0 saturated heterocycles. The first-order chi connectivity index (χ1) is 8.04. The summed E-state index contributed by atoms with van der Waals surface area (Å²) < 4.78 is 32.5. The van der Waals surface area contributed by atoms with Crippen molar-refractivity contribution in [2.45, 2.75) is 25.3 Å². The van der Waals surface area contributed by atoms with Crippen LogP contribution in [0.5, 0.6) is 0 Å². The molecule has 2 aromatic heterocycles. The van der Waals surface area contributed by atoms with Crippen LogP contribution in [-0.4, -0.2) is 23.4 Å². The number of aromatic nitrogens is 3. The average molecular weight is 256 g/mol. The van der Waals surface area contributed by atoms with Crippen molar-refractivity contribution in [3.63, 3.8) is 0 Å². The van der Waals surface area contributed by atoms with Crippen LogP contribution < -0.4 is 4.72 Å². The summed E-state index contributed by atoms with van der Waals surface area (Å²) in [6, 6.07) is 1.43. The van der Waals surface area contributed by atoms with Crippen molar-refractivity contribution in [1.29, 1.82) is 0 Å². The number of nitrogens with zero attached hydrogens (tertiary/aromatic N) is 3. The molecule has 0 fully saturated rings. The lowest BCUT2D eigenvalue weighted by molar-refractivity contribution is 0.423. The molecule has 0 aliphatic carbocycles. The number of sulfonamides is 1. The Balaban J connectivity index is 2.35.